The highest BCUT2D eigenvalue weighted by Gasteiger charge is 2.23. The zero-order chi connectivity index (χ0) is 17.8. The Labute approximate surface area is 151 Å². The van der Waals surface area contributed by atoms with Crippen molar-refractivity contribution in [3.05, 3.63) is 53.5 Å². The zero-order valence-electron chi connectivity index (χ0n) is 14.7. The van der Waals surface area contributed by atoms with Crippen molar-refractivity contribution in [3.63, 3.8) is 0 Å². The SMILES string of the molecule is CCN1CCN(C(=O)c2ccc(CS(=O)c3cccc(C)c3)o2)CC1. The Morgan fingerprint density at radius 3 is 2.60 bits per heavy atom. The van der Waals surface area contributed by atoms with E-state index in [1.54, 1.807) is 12.1 Å². The number of hydrogen-bond acceptors (Lipinski definition) is 4. The normalized spacial score (nSPS) is 16.8. The van der Waals surface area contributed by atoms with Gasteiger partial charge in [0.1, 0.15) is 5.76 Å². The second kappa shape index (κ2) is 7.97. The van der Waals surface area contributed by atoms with Crippen LogP contribution in [0.2, 0.25) is 0 Å². The largest absolute Gasteiger partial charge is 0.455 e. The average molecular weight is 360 g/mol. The topological polar surface area (TPSA) is 53.8 Å². The summed E-state index contributed by atoms with van der Waals surface area (Å²) in [5, 5.41) is 0. The number of carbonyl (C=O) groups excluding carboxylic acids is 1. The van der Waals surface area contributed by atoms with Gasteiger partial charge < -0.3 is 14.2 Å². The van der Waals surface area contributed by atoms with Gasteiger partial charge in [-0.05, 0) is 43.3 Å². The molecule has 1 amide bonds. The number of amides is 1. The fraction of sp³-hybridized carbons (Fsp3) is 0.421. The van der Waals surface area contributed by atoms with E-state index in [-0.39, 0.29) is 11.7 Å². The van der Waals surface area contributed by atoms with Gasteiger partial charge in [0, 0.05) is 31.1 Å². The van der Waals surface area contributed by atoms with E-state index in [1.807, 2.05) is 36.1 Å². The minimum Gasteiger partial charge on any atom is -0.455 e. The fourth-order valence-corrected chi connectivity index (χ4v) is 4.09. The minimum atomic E-state index is -1.18. The van der Waals surface area contributed by atoms with E-state index >= 15 is 0 Å². The van der Waals surface area contributed by atoms with Gasteiger partial charge in [-0.3, -0.25) is 9.00 Å². The second-order valence-corrected chi connectivity index (χ2v) is 7.75. The number of furan rings is 1. The van der Waals surface area contributed by atoms with Gasteiger partial charge in [0.05, 0.1) is 16.6 Å². The standard InChI is InChI=1S/C19H24N2O3S/c1-3-20-9-11-21(12-10-20)19(22)18-8-7-16(24-18)14-25(23)17-6-4-5-15(2)13-17/h4-8,13H,3,9-12,14H2,1-2H3. The van der Waals surface area contributed by atoms with E-state index in [2.05, 4.69) is 11.8 Å². The second-order valence-electron chi connectivity index (χ2n) is 6.30. The van der Waals surface area contributed by atoms with Crippen LogP contribution >= 0.6 is 0 Å². The van der Waals surface area contributed by atoms with Crippen molar-refractivity contribution in [1.29, 1.82) is 0 Å². The molecule has 1 aliphatic heterocycles. The lowest BCUT2D eigenvalue weighted by Gasteiger charge is -2.33. The molecule has 0 bridgehead atoms. The lowest BCUT2D eigenvalue weighted by molar-refractivity contribution is 0.0611. The predicted molar refractivity (Wildman–Crippen MR) is 98.0 cm³/mol. The molecule has 1 aliphatic rings. The first-order valence-corrected chi connectivity index (χ1v) is 9.94. The molecule has 0 saturated carbocycles. The summed E-state index contributed by atoms with van der Waals surface area (Å²) >= 11 is 0. The van der Waals surface area contributed by atoms with E-state index in [4.69, 9.17) is 4.42 Å². The number of benzene rings is 1. The van der Waals surface area contributed by atoms with E-state index < -0.39 is 10.8 Å². The third-order valence-corrected chi connectivity index (χ3v) is 5.83. The van der Waals surface area contributed by atoms with Crippen LogP contribution in [0.3, 0.4) is 0 Å². The summed E-state index contributed by atoms with van der Waals surface area (Å²) in [5.41, 5.74) is 1.08. The molecule has 3 rings (SSSR count). The Kier molecular flexibility index (Phi) is 5.71. The summed E-state index contributed by atoms with van der Waals surface area (Å²) in [4.78, 5) is 17.5. The maximum absolute atomic E-state index is 12.5. The molecular formula is C19H24N2O3S. The van der Waals surface area contributed by atoms with Gasteiger partial charge in [-0.25, -0.2) is 0 Å². The molecule has 0 spiro atoms. The molecule has 1 aromatic heterocycles. The molecule has 0 aliphatic carbocycles. The lowest BCUT2D eigenvalue weighted by Crippen LogP contribution is -2.48. The molecule has 2 heterocycles. The van der Waals surface area contributed by atoms with Gasteiger partial charge in [0.2, 0.25) is 0 Å². The number of likely N-dealkylation sites (N-methyl/N-ethyl adjacent to an activating group) is 1. The molecule has 0 radical (unpaired) electrons. The molecular weight excluding hydrogens is 336 g/mol. The fourth-order valence-electron chi connectivity index (χ4n) is 2.96. The molecule has 1 atom stereocenters. The van der Waals surface area contributed by atoms with Gasteiger partial charge in [0.15, 0.2) is 5.76 Å². The number of hydrogen-bond donors (Lipinski definition) is 0. The minimum absolute atomic E-state index is 0.0802. The van der Waals surface area contributed by atoms with Gasteiger partial charge in [0.25, 0.3) is 5.91 Å². The van der Waals surface area contributed by atoms with E-state index in [0.29, 0.717) is 11.5 Å². The lowest BCUT2D eigenvalue weighted by atomic mass is 10.2. The van der Waals surface area contributed by atoms with Crippen LogP contribution in [0.4, 0.5) is 0 Å². The van der Waals surface area contributed by atoms with Gasteiger partial charge in [-0.1, -0.05) is 19.1 Å². The summed E-state index contributed by atoms with van der Waals surface area (Å²) in [5.74, 6) is 1.11. The highest BCUT2D eigenvalue weighted by atomic mass is 32.2. The van der Waals surface area contributed by atoms with E-state index in [1.165, 1.54) is 0 Å². The van der Waals surface area contributed by atoms with Gasteiger partial charge in [-0.15, -0.1) is 0 Å². The zero-order valence-corrected chi connectivity index (χ0v) is 15.6. The molecule has 5 nitrogen and oxygen atoms in total. The van der Waals surface area contributed by atoms with Crippen LogP contribution < -0.4 is 0 Å². The van der Waals surface area contributed by atoms with Crippen molar-refractivity contribution < 1.29 is 13.4 Å². The van der Waals surface area contributed by atoms with Crippen molar-refractivity contribution in [2.75, 3.05) is 32.7 Å². The summed E-state index contributed by atoms with van der Waals surface area (Å²) in [7, 11) is -1.18. The Hall–Kier alpha value is -1.92. The van der Waals surface area contributed by atoms with Crippen LogP contribution in [-0.2, 0) is 16.6 Å². The molecule has 25 heavy (non-hydrogen) atoms. The number of rotatable bonds is 5. The Bertz CT molecular complexity index is 764. The van der Waals surface area contributed by atoms with Crippen LogP contribution in [-0.4, -0.2) is 52.6 Å². The third kappa shape index (κ3) is 4.38. The summed E-state index contributed by atoms with van der Waals surface area (Å²) in [6, 6.07) is 11.1. The Balaban J connectivity index is 1.62. The quantitative estimate of drug-likeness (QED) is 0.823. The Morgan fingerprint density at radius 2 is 1.92 bits per heavy atom. The van der Waals surface area contributed by atoms with Crippen LogP contribution in [0.1, 0.15) is 28.8 Å². The van der Waals surface area contributed by atoms with Crippen molar-refractivity contribution in [2.45, 2.75) is 24.5 Å². The first-order chi connectivity index (χ1) is 12.1. The van der Waals surface area contributed by atoms with Gasteiger partial charge >= 0.3 is 0 Å². The van der Waals surface area contributed by atoms with E-state index in [9.17, 15) is 9.00 Å². The highest BCUT2D eigenvalue weighted by Crippen LogP contribution is 2.17. The average Bonchev–Trinajstić information content (AvgIpc) is 3.09. The maximum Gasteiger partial charge on any atom is 0.289 e. The molecule has 1 aromatic carbocycles. The molecule has 6 heteroatoms. The van der Waals surface area contributed by atoms with Crippen molar-refractivity contribution in [1.82, 2.24) is 9.80 Å². The number of nitrogens with zero attached hydrogens (tertiary/aromatic N) is 2. The first-order valence-electron chi connectivity index (χ1n) is 8.62. The summed E-state index contributed by atoms with van der Waals surface area (Å²) in [6.45, 7) is 8.35. The van der Waals surface area contributed by atoms with Crippen LogP contribution in [0.5, 0.6) is 0 Å². The molecule has 1 saturated heterocycles. The highest BCUT2D eigenvalue weighted by molar-refractivity contribution is 7.84. The van der Waals surface area contributed by atoms with Crippen LogP contribution in [0, 0.1) is 6.92 Å². The van der Waals surface area contributed by atoms with Crippen molar-refractivity contribution in [2.24, 2.45) is 0 Å². The smallest absolute Gasteiger partial charge is 0.289 e. The molecule has 134 valence electrons. The summed E-state index contributed by atoms with van der Waals surface area (Å²) < 4.78 is 18.1. The molecule has 1 unspecified atom stereocenters. The number of piperazine rings is 1. The van der Waals surface area contributed by atoms with Crippen molar-refractivity contribution in [3.8, 4) is 0 Å². The number of carbonyl (C=O) groups is 1. The number of aryl methyl sites for hydroxylation is 1. The monoisotopic (exact) mass is 360 g/mol. The molecule has 2 aromatic rings. The molecule has 1 fully saturated rings. The third-order valence-electron chi connectivity index (χ3n) is 4.50. The van der Waals surface area contributed by atoms with Crippen LogP contribution in [0.15, 0.2) is 45.7 Å². The first kappa shape index (κ1) is 17.9. The Morgan fingerprint density at radius 1 is 1.16 bits per heavy atom. The predicted octanol–water partition coefficient (Wildman–Crippen LogP) is 2.67. The van der Waals surface area contributed by atoms with Crippen molar-refractivity contribution >= 4 is 16.7 Å². The summed E-state index contributed by atoms with van der Waals surface area (Å²) in [6.07, 6.45) is 0. The van der Waals surface area contributed by atoms with Crippen LogP contribution in [0.25, 0.3) is 0 Å². The van der Waals surface area contributed by atoms with E-state index in [0.717, 1.165) is 43.2 Å². The van der Waals surface area contributed by atoms with Gasteiger partial charge in [-0.2, -0.15) is 0 Å². The molecule has 0 N–H and O–H groups in total. The maximum atomic E-state index is 12.5.